The number of likely N-dealkylation sites (tertiary alicyclic amines) is 1. The zero-order valence-corrected chi connectivity index (χ0v) is 17.5. The van der Waals surface area contributed by atoms with Crippen molar-refractivity contribution in [1.29, 1.82) is 0 Å². The highest BCUT2D eigenvalue weighted by Crippen LogP contribution is 2.23. The number of nitrogens with one attached hydrogen (secondary N) is 2. The van der Waals surface area contributed by atoms with E-state index in [-0.39, 0.29) is 41.9 Å². The van der Waals surface area contributed by atoms with Crippen LogP contribution in [0.4, 0.5) is 18.9 Å². The molecule has 1 fully saturated rings. The van der Waals surface area contributed by atoms with E-state index in [2.05, 4.69) is 15.3 Å². The van der Waals surface area contributed by atoms with E-state index in [9.17, 15) is 27.6 Å². The molecule has 0 bridgehead atoms. The van der Waals surface area contributed by atoms with Crippen LogP contribution in [0.3, 0.4) is 0 Å². The molecule has 2 N–H and O–H groups in total. The summed E-state index contributed by atoms with van der Waals surface area (Å²) in [5.74, 6) is -6.26. The molecule has 1 aromatic carbocycles. The molecule has 0 radical (unpaired) electrons. The Labute approximate surface area is 186 Å². The Morgan fingerprint density at radius 2 is 1.79 bits per heavy atom. The van der Waals surface area contributed by atoms with Crippen molar-refractivity contribution in [2.24, 2.45) is 5.92 Å². The van der Waals surface area contributed by atoms with E-state index in [1.807, 2.05) is 0 Å². The quantitative estimate of drug-likeness (QED) is 0.454. The van der Waals surface area contributed by atoms with E-state index < -0.39 is 29.3 Å². The number of ketones is 1. The number of H-pyrrole nitrogens is 1. The summed E-state index contributed by atoms with van der Waals surface area (Å²) in [6, 6.07) is 7.69. The minimum Gasteiger partial charge on any atom is -0.348 e. The number of aromatic nitrogens is 2. The van der Waals surface area contributed by atoms with Crippen LogP contribution in [-0.4, -0.2) is 45.6 Å². The first-order valence-electron chi connectivity index (χ1n) is 10.1. The number of hydrogen-bond acceptors (Lipinski definition) is 4. The highest BCUT2D eigenvalue weighted by molar-refractivity contribution is 6.09. The van der Waals surface area contributed by atoms with E-state index in [1.54, 1.807) is 25.3 Å². The summed E-state index contributed by atoms with van der Waals surface area (Å²) in [5, 5.41) is 2.35. The number of pyridine rings is 1. The maximum Gasteiger partial charge on any atom is 0.270 e. The third kappa shape index (κ3) is 4.50. The standard InChI is InChI=1S/C23H19F3N4O3/c1-12-15(3-2-7-27-12)21(31)18-4-5-19(29-18)23(33)30-8-6-13(11-30)22(32)28-14-9-16(24)20(26)17(25)10-14/h2-5,7,9-10,13,29H,6,8,11H2,1H3,(H,28,32)/t13-/m0/s1. The molecule has 1 atom stereocenters. The van der Waals surface area contributed by atoms with Crippen LogP contribution in [0.15, 0.2) is 42.6 Å². The van der Waals surface area contributed by atoms with Gasteiger partial charge in [0.05, 0.1) is 11.6 Å². The average Bonchev–Trinajstić information content (AvgIpc) is 3.47. The zero-order chi connectivity index (χ0) is 23.7. The summed E-state index contributed by atoms with van der Waals surface area (Å²) in [7, 11) is 0. The molecule has 1 aliphatic heterocycles. The number of nitrogens with zero attached hydrogens (tertiary/aromatic N) is 2. The lowest BCUT2D eigenvalue weighted by atomic mass is 10.1. The van der Waals surface area contributed by atoms with Gasteiger partial charge in [-0.05, 0) is 37.6 Å². The topological polar surface area (TPSA) is 95.2 Å². The fourth-order valence-corrected chi connectivity index (χ4v) is 3.72. The average molecular weight is 456 g/mol. The molecule has 0 spiro atoms. The van der Waals surface area contributed by atoms with Crippen molar-refractivity contribution in [3.05, 3.63) is 82.7 Å². The molecule has 2 amide bonds. The minimum atomic E-state index is -1.62. The summed E-state index contributed by atoms with van der Waals surface area (Å²) in [4.78, 5) is 46.4. The first-order valence-corrected chi connectivity index (χ1v) is 10.1. The zero-order valence-electron chi connectivity index (χ0n) is 17.5. The number of rotatable bonds is 5. The molecule has 3 aromatic rings. The second-order valence-corrected chi connectivity index (χ2v) is 7.73. The fraction of sp³-hybridized carbons (Fsp3) is 0.217. The number of amides is 2. The van der Waals surface area contributed by atoms with Gasteiger partial charge >= 0.3 is 0 Å². The molecule has 1 saturated heterocycles. The molecular weight excluding hydrogens is 437 g/mol. The normalized spacial score (nSPS) is 15.5. The van der Waals surface area contributed by atoms with E-state index in [0.717, 1.165) is 0 Å². The molecule has 0 saturated carbocycles. The molecule has 170 valence electrons. The van der Waals surface area contributed by atoms with Gasteiger partial charge in [0, 0.05) is 48.4 Å². The molecule has 7 nitrogen and oxygen atoms in total. The molecule has 0 aliphatic carbocycles. The number of aryl methyl sites for hydroxylation is 1. The Balaban J connectivity index is 1.40. The van der Waals surface area contributed by atoms with E-state index in [4.69, 9.17) is 0 Å². The largest absolute Gasteiger partial charge is 0.348 e. The number of aromatic amines is 1. The van der Waals surface area contributed by atoms with Crippen molar-refractivity contribution >= 4 is 23.3 Å². The molecule has 4 rings (SSSR count). The lowest BCUT2D eigenvalue weighted by Gasteiger charge is -2.16. The molecule has 3 heterocycles. The molecule has 1 aliphatic rings. The van der Waals surface area contributed by atoms with E-state index >= 15 is 0 Å². The maximum absolute atomic E-state index is 13.4. The van der Waals surface area contributed by atoms with Gasteiger partial charge in [0.15, 0.2) is 17.5 Å². The highest BCUT2D eigenvalue weighted by Gasteiger charge is 2.32. The van der Waals surface area contributed by atoms with Crippen LogP contribution in [-0.2, 0) is 4.79 Å². The molecule has 10 heteroatoms. The second kappa shape index (κ2) is 8.89. The highest BCUT2D eigenvalue weighted by atomic mass is 19.2. The predicted octanol–water partition coefficient (Wildman–Crippen LogP) is 3.47. The van der Waals surface area contributed by atoms with Crippen molar-refractivity contribution in [2.45, 2.75) is 13.3 Å². The van der Waals surface area contributed by atoms with Gasteiger partial charge in [0.1, 0.15) is 5.69 Å². The van der Waals surface area contributed by atoms with Crippen LogP contribution in [0.1, 0.15) is 38.7 Å². The molecule has 2 aromatic heterocycles. The van der Waals surface area contributed by atoms with Crippen LogP contribution in [0, 0.1) is 30.3 Å². The number of halogens is 3. The molecular formula is C23H19F3N4O3. The van der Waals surface area contributed by atoms with Crippen LogP contribution in [0.25, 0.3) is 0 Å². The Kier molecular flexibility index (Phi) is 5.99. The lowest BCUT2D eigenvalue weighted by molar-refractivity contribution is -0.119. The number of benzene rings is 1. The molecule has 33 heavy (non-hydrogen) atoms. The van der Waals surface area contributed by atoms with Crippen LogP contribution >= 0.6 is 0 Å². The predicted molar refractivity (Wildman–Crippen MR) is 112 cm³/mol. The van der Waals surface area contributed by atoms with Gasteiger partial charge < -0.3 is 15.2 Å². The number of carbonyl (C=O) groups excluding carboxylic acids is 3. The SMILES string of the molecule is Cc1ncccc1C(=O)c1ccc(C(=O)N2CC[C@H](C(=O)Nc3cc(F)c(F)c(F)c3)C2)[nH]1. The fourth-order valence-electron chi connectivity index (χ4n) is 3.72. The number of carbonyl (C=O) groups is 3. The van der Waals surface area contributed by atoms with Gasteiger partial charge in [0.25, 0.3) is 5.91 Å². The van der Waals surface area contributed by atoms with Crippen LogP contribution < -0.4 is 5.32 Å². The summed E-state index contributed by atoms with van der Waals surface area (Å²) in [5.41, 5.74) is 1.22. The van der Waals surface area contributed by atoms with Crippen LogP contribution in [0.2, 0.25) is 0 Å². The van der Waals surface area contributed by atoms with Crippen molar-refractivity contribution in [1.82, 2.24) is 14.9 Å². The first kappa shape index (κ1) is 22.3. The third-order valence-electron chi connectivity index (χ3n) is 5.51. The monoisotopic (exact) mass is 456 g/mol. The summed E-state index contributed by atoms with van der Waals surface area (Å²) < 4.78 is 39.8. The van der Waals surface area contributed by atoms with Gasteiger partial charge in [-0.15, -0.1) is 0 Å². The summed E-state index contributed by atoms with van der Waals surface area (Å²) in [6.07, 6.45) is 1.92. The smallest absolute Gasteiger partial charge is 0.270 e. The van der Waals surface area contributed by atoms with Crippen molar-refractivity contribution < 1.29 is 27.6 Å². The lowest BCUT2D eigenvalue weighted by Crippen LogP contribution is -2.31. The van der Waals surface area contributed by atoms with Crippen LogP contribution in [0.5, 0.6) is 0 Å². The summed E-state index contributed by atoms with van der Waals surface area (Å²) in [6.45, 7) is 2.08. The van der Waals surface area contributed by atoms with E-state index in [1.165, 1.54) is 17.0 Å². The second-order valence-electron chi connectivity index (χ2n) is 7.73. The maximum atomic E-state index is 13.4. The van der Waals surface area contributed by atoms with Crippen molar-refractivity contribution in [3.63, 3.8) is 0 Å². The van der Waals surface area contributed by atoms with Crippen molar-refractivity contribution in [3.8, 4) is 0 Å². The van der Waals surface area contributed by atoms with Gasteiger partial charge in [-0.25, -0.2) is 13.2 Å². The number of anilines is 1. The van der Waals surface area contributed by atoms with Gasteiger partial charge in [0.2, 0.25) is 11.7 Å². The number of hydrogen-bond donors (Lipinski definition) is 2. The Hall–Kier alpha value is -3.95. The first-order chi connectivity index (χ1) is 15.7. The summed E-state index contributed by atoms with van der Waals surface area (Å²) >= 11 is 0. The van der Waals surface area contributed by atoms with Gasteiger partial charge in [-0.2, -0.15) is 0 Å². The molecule has 0 unspecified atom stereocenters. The van der Waals surface area contributed by atoms with Gasteiger partial charge in [-0.3, -0.25) is 19.4 Å². The third-order valence-corrected chi connectivity index (χ3v) is 5.51. The Bertz CT molecular complexity index is 1230. The van der Waals surface area contributed by atoms with Crippen molar-refractivity contribution in [2.75, 3.05) is 18.4 Å². The van der Waals surface area contributed by atoms with E-state index in [0.29, 0.717) is 29.8 Å². The minimum absolute atomic E-state index is 0.0842. The Morgan fingerprint density at radius 1 is 1.09 bits per heavy atom. The van der Waals surface area contributed by atoms with Gasteiger partial charge in [-0.1, -0.05) is 0 Å². The Morgan fingerprint density at radius 3 is 2.48 bits per heavy atom.